The van der Waals surface area contributed by atoms with Crippen LogP contribution in [0.5, 0.6) is 5.75 Å². The van der Waals surface area contributed by atoms with Gasteiger partial charge in [0.05, 0.1) is 11.2 Å². The highest BCUT2D eigenvalue weighted by molar-refractivity contribution is 6.02. The summed E-state index contributed by atoms with van der Waals surface area (Å²) in [7, 11) is 0. The van der Waals surface area contributed by atoms with Gasteiger partial charge in [0.15, 0.2) is 0 Å². The lowest BCUT2D eigenvalue weighted by atomic mass is 9.95. The molecule has 0 fully saturated rings. The molecule has 32 heavy (non-hydrogen) atoms. The van der Waals surface area contributed by atoms with Crippen LogP contribution >= 0.6 is 0 Å². The van der Waals surface area contributed by atoms with Crippen molar-refractivity contribution < 1.29 is 17.9 Å². The molecule has 0 amide bonds. The number of alkyl halides is 3. The summed E-state index contributed by atoms with van der Waals surface area (Å²) in [5.41, 5.74) is 3.97. The monoisotopic (exact) mass is 434 g/mol. The summed E-state index contributed by atoms with van der Waals surface area (Å²) in [4.78, 5) is 12.9. The minimum absolute atomic E-state index is 0.270. The van der Waals surface area contributed by atoms with Crippen LogP contribution in [-0.2, 0) is 0 Å². The molecule has 7 heteroatoms. The Labute approximate surface area is 180 Å². The van der Waals surface area contributed by atoms with Crippen LogP contribution in [0.3, 0.4) is 0 Å². The van der Waals surface area contributed by atoms with E-state index in [1.807, 2.05) is 72.1 Å². The highest BCUT2D eigenvalue weighted by atomic mass is 19.4. The summed E-state index contributed by atoms with van der Waals surface area (Å²) in [5, 5.41) is 0.476. The largest absolute Gasteiger partial charge is 0.573 e. The molecule has 0 aliphatic rings. The van der Waals surface area contributed by atoms with E-state index in [0.717, 1.165) is 11.1 Å². The Bertz CT molecular complexity index is 1500. The molecule has 3 aromatic carbocycles. The molecular formula is C25H17F3N2O2. The second-order valence-electron chi connectivity index (χ2n) is 7.43. The Morgan fingerprint density at radius 1 is 0.781 bits per heavy atom. The highest BCUT2D eigenvalue weighted by Crippen LogP contribution is 2.39. The lowest BCUT2D eigenvalue weighted by Gasteiger charge is -2.20. The van der Waals surface area contributed by atoms with Gasteiger partial charge in [-0.25, -0.2) is 9.03 Å². The smallest absolute Gasteiger partial charge is 0.406 e. The molecule has 0 saturated carbocycles. The molecule has 0 saturated heterocycles. The molecule has 0 radical (unpaired) electrons. The second kappa shape index (κ2) is 7.30. The van der Waals surface area contributed by atoms with Crippen molar-refractivity contribution in [3.05, 3.63) is 101 Å². The highest BCUT2D eigenvalue weighted by Gasteiger charge is 2.31. The molecule has 2 heterocycles. The van der Waals surface area contributed by atoms with Gasteiger partial charge >= 0.3 is 6.36 Å². The van der Waals surface area contributed by atoms with Gasteiger partial charge in [0.1, 0.15) is 5.75 Å². The van der Waals surface area contributed by atoms with Crippen LogP contribution in [0, 0.1) is 6.92 Å². The van der Waals surface area contributed by atoms with Crippen molar-refractivity contribution in [3.63, 3.8) is 0 Å². The van der Waals surface area contributed by atoms with Crippen LogP contribution in [0.15, 0.2) is 89.7 Å². The zero-order valence-electron chi connectivity index (χ0n) is 16.9. The second-order valence-corrected chi connectivity index (χ2v) is 7.43. The van der Waals surface area contributed by atoms with E-state index in [-0.39, 0.29) is 11.3 Å². The molecule has 0 spiro atoms. The maximum absolute atomic E-state index is 12.9. The Balaban J connectivity index is 2.01. The molecule has 0 aliphatic heterocycles. The molecule has 2 aromatic heterocycles. The Morgan fingerprint density at radius 2 is 1.41 bits per heavy atom. The predicted octanol–water partition coefficient (Wildman–Crippen LogP) is 6.09. The first-order chi connectivity index (χ1) is 15.3. The van der Waals surface area contributed by atoms with Crippen molar-refractivity contribution in [2.24, 2.45) is 0 Å². The zero-order valence-corrected chi connectivity index (χ0v) is 16.9. The summed E-state index contributed by atoms with van der Waals surface area (Å²) in [5.74, 6) is -0.345. The van der Waals surface area contributed by atoms with Gasteiger partial charge in [-0.05, 0) is 30.7 Å². The Morgan fingerprint density at radius 3 is 2.03 bits per heavy atom. The summed E-state index contributed by atoms with van der Waals surface area (Å²) in [6, 6.07) is 24.4. The van der Waals surface area contributed by atoms with Crippen LogP contribution in [-0.4, -0.2) is 15.4 Å². The fraction of sp³-hybridized carbons (Fsp3) is 0.0800. The van der Waals surface area contributed by atoms with Crippen molar-refractivity contribution in [2.45, 2.75) is 13.3 Å². The molecule has 0 N–H and O–H groups in total. The van der Waals surface area contributed by atoms with Crippen molar-refractivity contribution in [2.75, 3.05) is 0 Å². The minimum Gasteiger partial charge on any atom is -0.406 e. The van der Waals surface area contributed by atoms with Crippen molar-refractivity contribution in [3.8, 4) is 28.1 Å². The summed E-state index contributed by atoms with van der Waals surface area (Å²) in [6.07, 6.45) is -4.82. The topological polar surface area (TPSA) is 35.1 Å². The number of hydrogen-bond acceptors (Lipinski definition) is 2. The maximum atomic E-state index is 12.9. The van der Waals surface area contributed by atoms with Gasteiger partial charge in [-0.15, -0.1) is 13.2 Å². The summed E-state index contributed by atoms with van der Waals surface area (Å²) in [6.45, 7) is 1.83. The van der Waals surface area contributed by atoms with Crippen molar-refractivity contribution in [1.29, 1.82) is 0 Å². The van der Waals surface area contributed by atoms with Gasteiger partial charge in [-0.3, -0.25) is 4.79 Å². The third-order valence-electron chi connectivity index (χ3n) is 5.33. The predicted molar refractivity (Wildman–Crippen MR) is 117 cm³/mol. The van der Waals surface area contributed by atoms with Gasteiger partial charge in [0.2, 0.25) is 0 Å². The first-order valence-corrected chi connectivity index (χ1v) is 9.91. The molecule has 160 valence electrons. The van der Waals surface area contributed by atoms with Crippen LogP contribution < -0.4 is 10.3 Å². The minimum atomic E-state index is -4.82. The zero-order chi connectivity index (χ0) is 22.5. The first kappa shape index (κ1) is 19.9. The number of benzene rings is 3. The van der Waals surface area contributed by atoms with Crippen LogP contribution in [0.2, 0.25) is 0 Å². The molecule has 0 aliphatic carbocycles. The molecule has 0 bridgehead atoms. The quantitative estimate of drug-likeness (QED) is 0.344. The fourth-order valence-corrected chi connectivity index (χ4v) is 4.15. The van der Waals surface area contributed by atoms with Crippen LogP contribution in [0.4, 0.5) is 13.2 Å². The first-order valence-electron chi connectivity index (χ1n) is 9.91. The SMILES string of the molecule is Cc1cc(=O)n2c3ccc(OC(F)(F)F)cc3c(-c3ccccc3)c(-c3ccccc3)n12. The molecule has 4 nitrogen and oxygen atoms in total. The summed E-state index contributed by atoms with van der Waals surface area (Å²) < 4.78 is 46.3. The van der Waals surface area contributed by atoms with Gasteiger partial charge in [-0.2, -0.15) is 0 Å². The van der Waals surface area contributed by atoms with E-state index in [4.69, 9.17) is 0 Å². The van der Waals surface area contributed by atoms with Gasteiger partial charge in [-0.1, -0.05) is 60.7 Å². The Kier molecular flexibility index (Phi) is 4.55. The average molecular weight is 434 g/mol. The van der Waals surface area contributed by atoms with E-state index >= 15 is 0 Å². The number of ether oxygens (including phenoxy) is 1. The maximum Gasteiger partial charge on any atom is 0.573 e. The number of hydrogen-bond donors (Lipinski definition) is 0. The van der Waals surface area contributed by atoms with Gasteiger partial charge in [0.25, 0.3) is 5.56 Å². The number of aromatic nitrogens is 2. The average Bonchev–Trinajstić information content (AvgIpc) is 3.06. The van der Waals surface area contributed by atoms with Crippen LogP contribution in [0.1, 0.15) is 5.69 Å². The normalized spacial score (nSPS) is 11.9. The third-order valence-corrected chi connectivity index (χ3v) is 5.33. The van der Waals surface area contributed by atoms with E-state index < -0.39 is 6.36 Å². The van der Waals surface area contributed by atoms with E-state index in [1.165, 1.54) is 28.8 Å². The van der Waals surface area contributed by atoms with E-state index in [0.29, 0.717) is 27.9 Å². The molecule has 0 unspecified atom stereocenters. The molecular weight excluding hydrogens is 417 g/mol. The van der Waals surface area contributed by atoms with Gasteiger partial charge in [0, 0.05) is 28.3 Å². The van der Waals surface area contributed by atoms with E-state index in [9.17, 15) is 18.0 Å². The van der Waals surface area contributed by atoms with E-state index in [2.05, 4.69) is 4.74 Å². The standard InChI is InChI=1S/C25H17F3N2O2/c1-16-14-22(31)30-21-13-12-19(32-25(26,27)28)15-20(21)23(17-8-4-2-5-9-17)24(29(16)30)18-10-6-3-7-11-18/h2-15H,1H3. The van der Waals surface area contributed by atoms with Gasteiger partial charge < -0.3 is 4.74 Å². The fourth-order valence-electron chi connectivity index (χ4n) is 4.15. The van der Waals surface area contributed by atoms with Crippen molar-refractivity contribution in [1.82, 2.24) is 9.03 Å². The molecule has 0 atom stereocenters. The number of nitrogens with zero attached hydrogens (tertiary/aromatic N) is 2. The third kappa shape index (κ3) is 3.32. The lowest BCUT2D eigenvalue weighted by molar-refractivity contribution is -0.274. The van der Waals surface area contributed by atoms with E-state index in [1.54, 1.807) is 0 Å². The number of rotatable bonds is 3. The lowest BCUT2D eigenvalue weighted by Crippen LogP contribution is -2.18. The van der Waals surface area contributed by atoms with Crippen LogP contribution in [0.25, 0.3) is 33.3 Å². The number of aryl methyl sites for hydroxylation is 1. The number of fused-ring (bicyclic) bond motifs is 3. The summed E-state index contributed by atoms with van der Waals surface area (Å²) >= 11 is 0. The number of halogens is 3. The molecule has 5 rings (SSSR count). The van der Waals surface area contributed by atoms with Crippen molar-refractivity contribution >= 4 is 10.9 Å². The Hall–Kier alpha value is -4.00. The molecule has 5 aromatic rings.